The molecule has 0 saturated carbocycles. The van der Waals surface area contributed by atoms with Crippen LogP contribution in [0.25, 0.3) is 0 Å². The Kier molecular flexibility index (Phi) is 9.62. The van der Waals surface area contributed by atoms with Crippen LogP contribution in [0.1, 0.15) is 67.1 Å². The normalized spacial score (nSPS) is 12.1. The molecule has 0 N–H and O–H groups in total. The summed E-state index contributed by atoms with van der Waals surface area (Å²) < 4.78 is 10.9. The maximum Gasteiger partial charge on any atom is 0.343 e. The quantitative estimate of drug-likeness (QED) is 0.178. The number of hydrogen-bond acceptors (Lipinski definition) is 5. The third kappa shape index (κ3) is 7.27. The van der Waals surface area contributed by atoms with Gasteiger partial charge in [0.2, 0.25) is 0 Å². The first-order chi connectivity index (χ1) is 16.9. The predicted molar refractivity (Wildman–Crippen MR) is 139 cm³/mol. The number of ether oxygens (including phenoxy) is 2. The number of benzene rings is 3. The van der Waals surface area contributed by atoms with Gasteiger partial charge in [0.15, 0.2) is 0 Å². The zero-order valence-corrected chi connectivity index (χ0v) is 21.0. The highest BCUT2D eigenvalue weighted by molar-refractivity contribution is 5.91. The fourth-order valence-electron chi connectivity index (χ4n) is 4.49. The van der Waals surface area contributed by atoms with Gasteiger partial charge in [-0.25, -0.2) is 4.79 Å². The molecule has 0 bridgehead atoms. The molecule has 3 aromatic rings. The van der Waals surface area contributed by atoms with Crippen LogP contribution in [0.5, 0.6) is 5.75 Å². The minimum Gasteiger partial charge on any atom is -0.463 e. The number of esters is 1. The molecule has 5 nitrogen and oxygen atoms in total. The zero-order valence-electron chi connectivity index (χ0n) is 21.0. The van der Waals surface area contributed by atoms with Crippen LogP contribution in [0.15, 0.2) is 78.9 Å². The molecule has 0 aromatic heterocycles. The zero-order chi connectivity index (χ0) is 25.2. The topological polar surface area (TPSA) is 55.8 Å². The molecule has 35 heavy (non-hydrogen) atoms. The summed E-state index contributed by atoms with van der Waals surface area (Å²) in [4.78, 5) is 26.2. The van der Waals surface area contributed by atoms with Gasteiger partial charge in [-0.1, -0.05) is 54.6 Å². The standard InChI is InChI=1S/C30H35NO4/c1-22(2)31(23(3)4)18-17-27(25-11-7-5-8-12-25)28-19-24(20-34-21-32)15-16-29(28)35-30(33)26-13-9-6-10-14-26/h5-16,19,21-23,27H,17-18,20H2,1-4H3. The Balaban J connectivity index is 2.02. The van der Waals surface area contributed by atoms with Crippen LogP contribution in [-0.4, -0.2) is 36.0 Å². The average Bonchev–Trinajstić information content (AvgIpc) is 2.86. The van der Waals surface area contributed by atoms with Crippen molar-refractivity contribution in [1.82, 2.24) is 4.90 Å². The molecule has 1 unspecified atom stereocenters. The van der Waals surface area contributed by atoms with Crippen molar-refractivity contribution >= 4 is 12.4 Å². The van der Waals surface area contributed by atoms with Crippen molar-refractivity contribution in [3.05, 3.63) is 101 Å². The molecule has 184 valence electrons. The van der Waals surface area contributed by atoms with Gasteiger partial charge in [-0.15, -0.1) is 0 Å². The Hall–Kier alpha value is -3.44. The predicted octanol–water partition coefficient (Wildman–Crippen LogP) is 6.22. The first-order valence-electron chi connectivity index (χ1n) is 12.2. The van der Waals surface area contributed by atoms with Crippen LogP contribution >= 0.6 is 0 Å². The minimum absolute atomic E-state index is 0.00838. The molecule has 0 saturated heterocycles. The molecular weight excluding hydrogens is 438 g/mol. The van der Waals surface area contributed by atoms with Crippen LogP contribution in [0.4, 0.5) is 0 Å². The summed E-state index contributed by atoms with van der Waals surface area (Å²) in [7, 11) is 0. The van der Waals surface area contributed by atoms with Gasteiger partial charge in [0.25, 0.3) is 6.47 Å². The highest BCUT2D eigenvalue weighted by Crippen LogP contribution is 2.36. The van der Waals surface area contributed by atoms with Gasteiger partial charge in [0.1, 0.15) is 12.4 Å². The SMILES string of the molecule is CC(C)N(CCC(c1ccccc1)c1cc(COC=O)ccc1OC(=O)c1ccccc1)C(C)C. The fourth-order valence-corrected chi connectivity index (χ4v) is 4.49. The molecule has 0 aliphatic heterocycles. The molecule has 0 spiro atoms. The monoisotopic (exact) mass is 473 g/mol. The lowest BCUT2D eigenvalue weighted by Gasteiger charge is -2.32. The van der Waals surface area contributed by atoms with E-state index in [1.54, 1.807) is 18.2 Å². The Morgan fingerprint density at radius 2 is 1.51 bits per heavy atom. The number of carbonyl (C=O) groups excluding carboxylic acids is 2. The molecule has 0 amide bonds. The van der Waals surface area contributed by atoms with E-state index in [0.717, 1.165) is 29.7 Å². The summed E-state index contributed by atoms with van der Waals surface area (Å²) in [5.41, 5.74) is 3.39. The van der Waals surface area contributed by atoms with Gasteiger partial charge in [0, 0.05) is 23.6 Å². The summed E-state index contributed by atoms with van der Waals surface area (Å²) in [5.74, 6) is 0.107. The molecular formula is C30H35NO4. The van der Waals surface area contributed by atoms with Gasteiger partial charge < -0.3 is 9.47 Å². The summed E-state index contributed by atoms with van der Waals surface area (Å²) in [6, 6.07) is 25.7. The highest BCUT2D eigenvalue weighted by atomic mass is 16.5. The van der Waals surface area contributed by atoms with Crippen molar-refractivity contribution in [2.45, 2.75) is 58.7 Å². The van der Waals surface area contributed by atoms with Crippen molar-refractivity contribution < 1.29 is 19.1 Å². The van der Waals surface area contributed by atoms with Crippen molar-refractivity contribution in [2.75, 3.05) is 6.54 Å². The Morgan fingerprint density at radius 3 is 2.11 bits per heavy atom. The maximum atomic E-state index is 12.9. The van der Waals surface area contributed by atoms with E-state index in [1.807, 2.05) is 48.5 Å². The first-order valence-corrected chi connectivity index (χ1v) is 12.2. The molecule has 0 aliphatic rings. The fraction of sp³-hybridized carbons (Fsp3) is 0.333. The minimum atomic E-state index is -0.401. The molecule has 0 radical (unpaired) electrons. The second-order valence-electron chi connectivity index (χ2n) is 9.21. The van der Waals surface area contributed by atoms with E-state index >= 15 is 0 Å². The number of hydrogen-bond donors (Lipinski definition) is 0. The molecule has 0 fully saturated rings. The lowest BCUT2D eigenvalue weighted by atomic mass is 9.86. The number of nitrogens with zero attached hydrogens (tertiary/aromatic N) is 1. The summed E-state index contributed by atoms with van der Waals surface area (Å²) >= 11 is 0. The van der Waals surface area contributed by atoms with E-state index in [1.165, 1.54) is 0 Å². The lowest BCUT2D eigenvalue weighted by molar-refractivity contribution is -0.129. The molecule has 0 aliphatic carbocycles. The van der Waals surface area contributed by atoms with Crippen LogP contribution in [0.2, 0.25) is 0 Å². The van der Waals surface area contributed by atoms with Crippen LogP contribution < -0.4 is 4.74 Å². The van der Waals surface area contributed by atoms with Crippen LogP contribution in [0.3, 0.4) is 0 Å². The Labute approximate surface area is 208 Å². The first kappa shape index (κ1) is 26.2. The van der Waals surface area contributed by atoms with Gasteiger partial charge in [-0.2, -0.15) is 0 Å². The van der Waals surface area contributed by atoms with Crippen LogP contribution in [0, 0.1) is 0 Å². The smallest absolute Gasteiger partial charge is 0.343 e. The van der Waals surface area contributed by atoms with E-state index in [2.05, 4.69) is 44.7 Å². The summed E-state index contributed by atoms with van der Waals surface area (Å²) in [5, 5.41) is 0. The largest absolute Gasteiger partial charge is 0.463 e. The second-order valence-corrected chi connectivity index (χ2v) is 9.21. The van der Waals surface area contributed by atoms with Gasteiger partial charge >= 0.3 is 5.97 Å². The van der Waals surface area contributed by atoms with E-state index < -0.39 is 5.97 Å². The van der Waals surface area contributed by atoms with Crippen molar-refractivity contribution in [3.8, 4) is 5.75 Å². The number of rotatable bonds is 12. The summed E-state index contributed by atoms with van der Waals surface area (Å²) in [6.45, 7) is 10.3. The molecule has 3 rings (SSSR count). The summed E-state index contributed by atoms with van der Waals surface area (Å²) in [6.07, 6.45) is 0.842. The molecule has 3 aromatic carbocycles. The van der Waals surface area contributed by atoms with E-state index in [0.29, 0.717) is 29.9 Å². The third-order valence-electron chi connectivity index (χ3n) is 6.18. The van der Waals surface area contributed by atoms with E-state index in [9.17, 15) is 9.59 Å². The lowest BCUT2D eigenvalue weighted by Crippen LogP contribution is -2.38. The molecule has 1 atom stereocenters. The Bertz CT molecular complexity index is 1070. The van der Waals surface area contributed by atoms with Crippen molar-refractivity contribution in [1.29, 1.82) is 0 Å². The Morgan fingerprint density at radius 1 is 0.886 bits per heavy atom. The van der Waals surface area contributed by atoms with E-state index in [-0.39, 0.29) is 12.5 Å². The molecule has 0 heterocycles. The number of carbonyl (C=O) groups is 2. The van der Waals surface area contributed by atoms with Gasteiger partial charge in [-0.05, 0) is 76.1 Å². The van der Waals surface area contributed by atoms with E-state index in [4.69, 9.17) is 9.47 Å². The van der Waals surface area contributed by atoms with Crippen LogP contribution in [-0.2, 0) is 16.1 Å². The van der Waals surface area contributed by atoms with Gasteiger partial charge in [0.05, 0.1) is 5.56 Å². The molecule has 5 heteroatoms. The van der Waals surface area contributed by atoms with Crippen molar-refractivity contribution in [2.24, 2.45) is 0 Å². The maximum absolute atomic E-state index is 12.9. The highest BCUT2D eigenvalue weighted by Gasteiger charge is 2.23. The second kappa shape index (κ2) is 12.9. The van der Waals surface area contributed by atoms with Crippen molar-refractivity contribution in [3.63, 3.8) is 0 Å². The third-order valence-corrected chi connectivity index (χ3v) is 6.18. The van der Waals surface area contributed by atoms with Gasteiger partial charge in [-0.3, -0.25) is 9.69 Å². The average molecular weight is 474 g/mol.